The molecular weight excluding hydrogens is 346 g/mol. The van der Waals surface area contributed by atoms with E-state index in [2.05, 4.69) is 0 Å². The minimum absolute atomic E-state index is 0.327. The lowest BCUT2D eigenvalue weighted by Gasteiger charge is -2.27. The molecule has 1 aliphatic rings. The standard InChI is InChI=1S/C18H22ClNO5/c1-18(2,3)25-17(23)20-10-4-5-14(20)16(22)24-11-15(21)12-6-8-13(19)9-7-12/h6-9,14H,4-5,10-11H2,1-3H3/t14-/m0/s1. The van der Waals surface area contributed by atoms with Gasteiger partial charge in [-0.05, 0) is 57.9 Å². The summed E-state index contributed by atoms with van der Waals surface area (Å²) < 4.78 is 10.4. The van der Waals surface area contributed by atoms with Gasteiger partial charge in [0.2, 0.25) is 0 Å². The zero-order valence-electron chi connectivity index (χ0n) is 14.6. The van der Waals surface area contributed by atoms with Crippen LogP contribution in [0.15, 0.2) is 24.3 Å². The van der Waals surface area contributed by atoms with E-state index in [0.717, 1.165) is 0 Å². The van der Waals surface area contributed by atoms with Gasteiger partial charge in [0.25, 0.3) is 0 Å². The molecule has 1 amide bonds. The van der Waals surface area contributed by atoms with E-state index in [1.807, 2.05) is 0 Å². The van der Waals surface area contributed by atoms with Crippen LogP contribution in [-0.2, 0) is 14.3 Å². The van der Waals surface area contributed by atoms with E-state index >= 15 is 0 Å². The van der Waals surface area contributed by atoms with E-state index in [-0.39, 0.29) is 12.4 Å². The van der Waals surface area contributed by atoms with Crippen molar-refractivity contribution in [2.75, 3.05) is 13.2 Å². The Morgan fingerprint density at radius 3 is 2.44 bits per heavy atom. The first-order valence-corrected chi connectivity index (χ1v) is 8.50. The highest BCUT2D eigenvalue weighted by Crippen LogP contribution is 2.22. The molecule has 25 heavy (non-hydrogen) atoms. The van der Waals surface area contributed by atoms with Gasteiger partial charge in [0, 0.05) is 17.1 Å². The van der Waals surface area contributed by atoms with E-state index in [9.17, 15) is 14.4 Å². The fourth-order valence-corrected chi connectivity index (χ4v) is 2.63. The number of amides is 1. The number of ether oxygens (including phenoxy) is 2. The van der Waals surface area contributed by atoms with Crippen LogP contribution in [0, 0.1) is 0 Å². The molecule has 1 aromatic carbocycles. The maximum Gasteiger partial charge on any atom is 0.411 e. The molecule has 0 unspecified atom stereocenters. The lowest BCUT2D eigenvalue weighted by molar-refractivity contribution is -0.147. The third-order valence-corrected chi connectivity index (χ3v) is 3.92. The van der Waals surface area contributed by atoms with Crippen molar-refractivity contribution >= 4 is 29.4 Å². The zero-order chi connectivity index (χ0) is 18.6. The van der Waals surface area contributed by atoms with Crippen LogP contribution in [0.1, 0.15) is 44.0 Å². The number of Topliss-reactive ketones (excluding diaryl/α,β-unsaturated/α-hetero) is 1. The summed E-state index contributed by atoms with van der Waals surface area (Å²) in [5.41, 5.74) is -0.230. The first-order valence-electron chi connectivity index (χ1n) is 8.12. The Hall–Kier alpha value is -2.08. The molecule has 1 atom stereocenters. The van der Waals surface area contributed by atoms with Crippen molar-refractivity contribution in [2.45, 2.75) is 45.3 Å². The third-order valence-electron chi connectivity index (χ3n) is 3.66. The quantitative estimate of drug-likeness (QED) is 0.601. The Kier molecular flexibility index (Phi) is 6.06. The molecule has 2 rings (SSSR count). The summed E-state index contributed by atoms with van der Waals surface area (Å²) in [6.07, 6.45) is 0.633. The van der Waals surface area contributed by atoms with Gasteiger partial charge < -0.3 is 9.47 Å². The summed E-state index contributed by atoms with van der Waals surface area (Å²) in [7, 11) is 0. The van der Waals surface area contributed by atoms with Crippen molar-refractivity contribution in [1.29, 1.82) is 0 Å². The number of hydrogen-bond donors (Lipinski definition) is 0. The van der Waals surface area contributed by atoms with Gasteiger partial charge in [0.15, 0.2) is 12.4 Å². The minimum Gasteiger partial charge on any atom is -0.456 e. The van der Waals surface area contributed by atoms with Crippen molar-refractivity contribution in [3.8, 4) is 0 Å². The number of hydrogen-bond acceptors (Lipinski definition) is 5. The summed E-state index contributed by atoms with van der Waals surface area (Å²) in [6, 6.07) is 5.62. The van der Waals surface area contributed by atoms with Gasteiger partial charge in [-0.3, -0.25) is 9.69 Å². The van der Waals surface area contributed by atoms with Gasteiger partial charge in [-0.2, -0.15) is 0 Å². The summed E-state index contributed by atoms with van der Waals surface area (Å²) in [5, 5.41) is 0.521. The summed E-state index contributed by atoms with van der Waals surface area (Å²) in [4.78, 5) is 37.9. The number of nitrogens with zero attached hydrogens (tertiary/aromatic N) is 1. The molecule has 0 N–H and O–H groups in total. The molecule has 7 heteroatoms. The van der Waals surface area contributed by atoms with E-state index < -0.39 is 23.7 Å². The normalized spacial score (nSPS) is 17.3. The second-order valence-corrected chi connectivity index (χ2v) is 7.31. The zero-order valence-corrected chi connectivity index (χ0v) is 15.3. The number of carbonyl (C=O) groups excluding carboxylic acids is 3. The molecule has 136 valence electrons. The van der Waals surface area contributed by atoms with Crippen molar-refractivity contribution < 1.29 is 23.9 Å². The molecule has 0 spiro atoms. The van der Waals surface area contributed by atoms with Crippen LogP contribution in [-0.4, -0.2) is 47.5 Å². The summed E-state index contributed by atoms with van der Waals surface area (Å²) in [6.45, 7) is 5.34. The van der Waals surface area contributed by atoms with Crippen LogP contribution in [0.3, 0.4) is 0 Å². The largest absolute Gasteiger partial charge is 0.456 e. The van der Waals surface area contributed by atoms with Crippen LogP contribution in [0.5, 0.6) is 0 Å². The highest BCUT2D eigenvalue weighted by Gasteiger charge is 2.37. The van der Waals surface area contributed by atoms with Crippen molar-refractivity contribution in [2.24, 2.45) is 0 Å². The number of benzene rings is 1. The van der Waals surface area contributed by atoms with Gasteiger partial charge in [-0.1, -0.05) is 11.6 Å². The monoisotopic (exact) mass is 367 g/mol. The molecule has 1 saturated heterocycles. The van der Waals surface area contributed by atoms with Gasteiger partial charge in [-0.25, -0.2) is 9.59 Å². The number of halogens is 1. The van der Waals surface area contributed by atoms with Crippen LogP contribution in [0.2, 0.25) is 5.02 Å². The average Bonchev–Trinajstić information content (AvgIpc) is 3.01. The second-order valence-electron chi connectivity index (χ2n) is 6.87. The van der Waals surface area contributed by atoms with E-state index in [1.165, 1.54) is 4.90 Å². The Morgan fingerprint density at radius 2 is 1.84 bits per heavy atom. The minimum atomic E-state index is -0.715. The first kappa shape index (κ1) is 19.2. The number of ketones is 1. The predicted molar refractivity (Wildman–Crippen MR) is 92.7 cm³/mol. The van der Waals surface area contributed by atoms with Crippen molar-refractivity contribution in [3.63, 3.8) is 0 Å². The van der Waals surface area contributed by atoms with Crippen LogP contribution in [0.25, 0.3) is 0 Å². The number of carbonyl (C=O) groups is 3. The van der Waals surface area contributed by atoms with Crippen LogP contribution < -0.4 is 0 Å². The highest BCUT2D eigenvalue weighted by molar-refractivity contribution is 6.30. The van der Waals surface area contributed by atoms with Gasteiger partial charge in [0.05, 0.1) is 0 Å². The van der Waals surface area contributed by atoms with Crippen molar-refractivity contribution in [1.82, 2.24) is 4.90 Å². The summed E-state index contributed by atoms with van der Waals surface area (Å²) in [5.74, 6) is -0.919. The lowest BCUT2D eigenvalue weighted by Crippen LogP contribution is -2.44. The lowest BCUT2D eigenvalue weighted by atomic mass is 10.1. The van der Waals surface area contributed by atoms with Gasteiger partial charge in [0.1, 0.15) is 11.6 Å². The number of rotatable bonds is 4. The van der Waals surface area contributed by atoms with E-state index in [0.29, 0.717) is 30.0 Å². The Balaban J connectivity index is 1.92. The smallest absolute Gasteiger partial charge is 0.411 e. The molecule has 0 aromatic heterocycles. The maximum absolute atomic E-state index is 12.3. The molecule has 1 heterocycles. The molecule has 0 saturated carbocycles. The molecule has 0 aliphatic carbocycles. The first-order chi connectivity index (χ1) is 11.7. The Labute approximate surface area is 152 Å². The predicted octanol–water partition coefficient (Wildman–Crippen LogP) is 3.47. The molecule has 1 aromatic rings. The summed E-state index contributed by atoms with van der Waals surface area (Å²) >= 11 is 5.78. The molecule has 0 radical (unpaired) electrons. The average molecular weight is 368 g/mol. The SMILES string of the molecule is CC(C)(C)OC(=O)N1CCC[C@H]1C(=O)OCC(=O)c1ccc(Cl)cc1. The van der Waals surface area contributed by atoms with Crippen LogP contribution in [0.4, 0.5) is 4.79 Å². The van der Waals surface area contributed by atoms with Crippen LogP contribution >= 0.6 is 11.6 Å². The molecule has 1 aliphatic heterocycles. The van der Waals surface area contributed by atoms with E-state index in [4.69, 9.17) is 21.1 Å². The van der Waals surface area contributed by atoms with Crippen molar-refractivity contribution in [3.05, 3.63) is 34.9 Å². The molecule has 6 nitrogen and oxygen atoms in total. The fourth-order valence-electron chi connectivity index (χ4n) is 2.50. The Bertz CT molecular complexity index is 650. The highest BCUT2D eigenvalue weighted by atomic mass is 35.5. The fraction of sp³-hybridized carbons (Fsp3) is 0.500. The number of likely N-dealkylation sites (tertiary alicyclic amines) is 1. The second kappa shape index (κ2) is 7.87. The Morgan fingerprint density at radius 1 is 1.20 bits per heavy atom. The molecular formula is C18H22ClNO5. The van der Waals surface area contributed by atoms with E-state index in [1.54, 1.807) is 45.0 Å². The maximum atomic E-state index is 12.3. The third kappa shape index (κ3) is 5.46. The number of esters is 1. The molecule has 0 bridgehead atoms. The topological polar surface area (TPSA) is 72.9 Å². The molecule has 1 fully saturated rings. The van der Waals surface area contributed by atoms with Gasteiger partial charge >= 0.3 is 12.1 Å². The van der Waals surface area contributed by atoms with Gasteiger partial charge in [-0.15, -0.1) is 0 Å².